The summed E-state index contributed by atoms with van der Waals surface area (Å²) >= 11 is 0. The highest BCUT2D eigenvalue weighted by Crippen LogP contribution is 2.39. The third-order valence-electron chi connectivity index (χ3n) is 5.99. The van der Waals surface area contributed by atoms with Gasteiger partial charge in [-0.05, 0) is 18.6 Å². The van der Waals surface area contributed by atoms with E-state index in [1.807, 2.05) is 4.90 Å². The van der Waals surface area contributed by atoms with Gasteiger partial charge in [0.25, 0.3) is 0 Å². The molecule has 0 aliphatic carbocycles. The maximum Gasteiger partial charge on any atom is 0.391 e. The molecule has 14 heteroatoms. The molecule has 3 atom stereocenters. The van der Waals surface area contributed by atoms with Gasteiger partial charge in [0.05, 0.1) is 24.3 Å². The van der Waals surface area contributed by atoms with Gasteiger partial charge < -0.3 is 19.8 Å². The number of aliphatic hydroxyl groups is 2. The van der Waals surface area contributed by atoms with Crippen LogP contribution in [0.3, 0.4) is 0 Å². The van der Waals surface area contributed by atoms with E-state index in [9.17, 15) is 27.9 Å². The third-order valence-corrected chi connectivity index (χ3v) is 5.99. The smallest absolute Gasteiger partial charge is 0.391 e. The normalized spacial score (nSPS) is 18.4. The highest BCUT2D eigenvalue weighted by atomic mass is 19.4. The number of ketones is 1. The first-order valence-electron chi connectivity index (χ1n) is 11.3. The molecule has 1 saturated heterocycles. The number of aromatic nitrogens is 3. The van der Waals surface area contributed by atoms with Crippen molar-refractivity contribution in [1.29, 1.82) is 0 Å². The van der Waals surface area contributed by atoms with E-state index in [-0.39, 0.29) is 36.0 Å². The van der Waals surface area contributed by atoms with Crippen LogP contribution in [-0.4, -0.2) is 81.6 Å². The van der Waals surface area contributed by atoms with Crippen LogP contribution in [0.2, 0.25) is 0 Å². The summed E-state index contributed by atoms with van der Waals surface area (Å²) in [6, 6.07) is 3.47. The number of amides is 2. The molecule has 2 bridgehead atoms. The Hall–Kier alpha value is -3.52. The zero-order valence-electron chi connectivity index (χ0n) is 19.3. The minimum Gasteiger partial charge on any atom is -0.475 e. The zero-order chi connectivity index (χ0) is 26.0. The summed E-state index contributed by atoms with van der Waals surface area (Å²) in [5.41, 5.74) is 0.439. The van der Waals surface area contributed by atoms with Gasteiger partial charge in [-0.3, -0.25) is 15.0 Å². The van der Waals surface area contributed by atoms with Crippen LogP contribution in [0.15, 0.2) is 24.4 Å². The summed E-state index contributed by atoms with van der Waals surface area (Å²) < 4.78 is 44.1. The highest BCUT2D eigenvalue weighted by Gasteiger charge is 2.41. The Labute approximate surface area is 203 Å². The summed E-state index contributed by atoms with van der Waals surface area (Å²) in [4.78, 5) is 41.5. The summed E-state index contributed by atoms with van der Waals surface area (Å²) in [6.45, 7) is 1.41. The van der Waals surface area contributed by atoms with Gasteiger partial charge in [0.15, 0.2) is 11.6 Å². The van der Waals surface area contributed by atoms with Gasteiger partial charge in [-0.25, -0.2) is 14.8 Å². The number of Topliss-reactive ketones (excluding diaryl/α,β-unsaturated/α-hetero) is 1. The maximum atomic E-state index is 13.3. The number of nitrogens with zero attached hydrogens (tertiary/aromatic N) is 5. The van der Waals surface area contributed by atoms with E-state index in [0.717, 1.165) is 6.92 Å². The fourth-order valence-electron chi connectivity index (χ4n) is 4.00. The van der Waals surface area contributed by atoms with Crippen LogP contribution in [-0.2, 0) is 0 Å². The van der Waals surface area contributed by atoms with Crippen molar-refractivity contribution in [2.75, 3.05) is 41.4 Å². The van der Waals surface area contributed by atoms with Crippen molar-refractivity contribution < 1.29 is 37.7 Å². The molecular formula is C22H25F3N6O5. The zero-order valence-corrected chi connectivity index (χ0v) is 19.3. The number of hydrogen-bond acceptors (Lipinski definition) is 9. The lowest BCUT2D eigenvalue weighted by Crippen LogP contribution is -2.48. The largest absolute Gasteiger partial charge is 0.475 e. The van der Waals surface area contributed by atoms with Crippen molar-refractivity contribution in [3.05, 3.63) is 30.1 Å². The molecule has 2 aliphatic rings. The van der Waals surface area contributed by atoms with Gasteiger partial charge in [-0.1, -0.05) is 6.92 Å². The number of halogens is 3. The van der Waals surface area contributed by atoms with Crippen LogP contribution in [0.25, 0.3) is 0 Å². The summed E-state index contributed by atoms with van der Waals surface area (Å²) in [7, 11) is 0. The maximum absolute atomic E-state index is 13.3. The van der Waals surface area contributed by atoms with Crippen molar-refractivity contribution in [3.63, 3.8) is 0 Å². The van der Waals surface area contributed by atoms with Gasteiger partial charge in [0.2, 0.25) is 11.8 Å². The lowest BCUT2D eigenvalue weighted by molar-refractivity contribution is -0.168. The first-order valence-corrected chi connectivity index (χ1v) is 11.3. The molecule has 0 saturated carbocycles. The second kappa shape index (κ2) is 10.2. The number of ether oxygens (including phenoxy) is 1. The van der Waals surface area contributed by atoms with Crippen molar-refractivity contribution >= 4 is 29.3 Å². The lowest BCUT2D eigenvalue weighted by atomic mass is 10.0. The highest BCUT2D eigenvalue weighted by molar-refractivity contribution is 6.04. The minimum absolute atomic E-state index is 0.0590. The molecule has 2 aliphatic heterocycles. The predicted octanol–water partition coefficient (Wildman–Crippen LogP) is 2.01. The van der Waals surface area contributed by atoms with Crippen LogP contribution >= 0.6 is 0 Å². The molecule has 194 valence electrons. The molecular weight excluding hydrogens is 485 g/mol. The topological polar surface area (TPSA) is 141 Å². The molecule has 0 radical (unpaired) electrons. The van der Waals surface area contributed by atoms with E-state index in [4.69, 9.17) is 9.84 Å². The van der Waals surface area contributed by atoms with E-state index in [1.54, 1.807) is 6.07 Å². The molecule has 2 aromatic rings. The van der Waals surface area contributed by atoms with Crippen LogP contribution in [0.1, 0.15) is 30.3 Å². The van der Waals surface area contributed by atoms with Gasteiger partial charge in [0, 0.05) is 31.8 Å². The van der Waals surface area contributed by atoms with E-state index < -0.39 is 43.0 Å². The number of carbonyl (C=O) groups is 2. The Balaban J connectivity index is 1.55. The van der Waals surface area contributed by atoms with E-state index >= 15 is 0 Å². The number of nitrogens with one attached hydrogen (secondary N) is 1. The molecule has 1 fully saturated rings. The molecule has 0 unspecified atom stereocenters. The molecule has 11 nitrogen and oxygen atoms in total. The molecule has 0 spiro atoms. The number of rotatable bonds is 8. The predicted molar refractivity (Wildman–Crippen MR) is 121 cm³/mol. The number of anilines is 3. The fraction of sp³-hybridized carbons (Fsp3) is 0.500. The van der Waals surface area contributed by atoms with Crippen molar-refractivity contribution in [3.8, 4) is 5.88 Å². The number of aliphatic hydroxyl groups excluding tert-OH is 2. The van der Waals surface area contributed by atoms with Gasteiger partial charge in [-0.15, -0.1) is 0 Å². The average Bonchev–Trinajstić information content (AvgIpc) is 3.25. The van der Waals surface area contributed by atoms with Crippen LogP contribution in [0, 0.1) is 5.92 Å². The number of urea groups is 1. The Morgan fingerprint density at radius 3 is 2.78 bits per heavy atom. The average molecular weight is 510 g/mol. The minimum atomic E-state index is -4.50. The molecule has 4 heterocycles. The Morgan fingerprint density at radius 2 is 2.06 bits per heavy atom. The Bertz CT molecular complexity index is 1130. The molecule has 4 rings (SSSR count). The Kier molecular flexibility index (Phi) is 7.26. The lowest BCUT2D eigenvalue weighted by Gasteiger charge is -2.35. The van der Waals surface area contributed by atoms with Gasteiger partial charge in [-0.2, -0.15) is 18.2 Å². The van der Waals surface area contributed by atoms with E-state index in [0.29, 0.717) is 25.2 Å². The Morgan fingerprint density at radius 1 is 1.28 bits per heavy atom. The van der Waals surface area contributed by atoms with Gasteiger partial charge in [0.1, 0.15) is 18.4 Å². The number of alkyl halides is 3. The van der Waals surface area contributed by atoms with E-state index in [2.05, 4.69) is 20.3 Å². The van der Waals surface area contributed by atoms with Crippen LogP contribution in [0.5, 0.6) is 5.88 Å². The third kappa shape index (κ3) is 5.49. The number of carbonyl (C=O) groups excluding carboxylic acids is 2. The first-order chi connectivity index (χ1) is 17.1. The number of pyridine rings is 1. The van der Waals surface area contributed by atoms with Crippen molar-refractivity contribution in [1.82, 2.24) is 15.0 Å². The number of hydrogen-bond donors (Lipinski definition) is 3. The quantitative estimate of drug-likeness (QED) is 0.455. The monoisotopic (exact) mass is 510 g/mol. The molecule has 2 aromatic heterocycles. The summed E-state index contributed by atoms with van der Waals surface area (Å²) in [5.74, 6) is -2.46. The van der Waals surface area contributed by atoms with Gasteiger partial charge >= 0.3 is 12.2 Å². The van der Waals surface area contributed by atoms with Crippen LogP contribution < -0.4 is 19.9 Å². The molecule has 3 N–H and O–H groups in total. The second-order valence-corrected chi connectivity index (χ2v) is 8.66. The van der Waals surface area contributed by atoms with Crippen molar-refractivity contribution in [2.45, 2.75) is 38.1 Å². The molecule has 2 amide bonds. The fourth-order valence-corrected chi connectivity index (χ4v) is 4.00. The van der Waals surface area contributed by atoms with E-state index in [1.165, 1.54) is 23.2 Å². The molecule has 0 aromatic carbocycles. The SMILES string of the molecule is C[C@@H](CC(=O)c1ccc2c(n1)N(C(=O)Nc1nccc(OC[C@@H](O)CO)n1)[C@H]1CCN2C1)C(F)(F)F. The van der Waals surface area contributed by atoms with Crippen molar-refractivity contribution in [2.24, 2.45) is 5.92 Å². The summed E-state index contributed by atoms with van der Waals surface area (Å²) in [6.07, 6.45) is -4.40. The first kappa shape index (κ1) is 25.6. The summed E-state index contributed by atoms with van der Waals surface area (Å²) in [5, 5.41) is 20.9. The standard InChI is InChI=1S/C22H25F3N6O5/c1-12(22(23,24)25)8-17(34)15-2-3-16-19(27-15)31(13-5-7-30(16)9-13)21(35)29-20-26-6-4-18(28-20)36-11-14(33)10-32/h2-4,6,12-14,32-33H,5,7-11H2,1H3,(H,26,28,29,35)/t12-,13-,14-/m0/s1. The second-order valence-electron chi connectivity index (χ2n) is 8.66. The van der Waals surface area contributed by atoms with Crippen LogP contribution in [0.4, 0.5) is 35.4 Å². The number of fused-ring (bicyclic) bond motifs is 4. The molecule has 36 heavy (non-hydrogen) atoms.